The number of hydrogen-bond donors (Lipinski definition) is 3. The average molecular weight is 490 g/mol. The van der Waals surface area contributed by atoms with Crippen molar-refractivity contribution < 1.29 is 14.3 Å². The van der Waals surface area contributed by atoms with Gasteiger partial charge in [0.2, 0.25) is 0 Å². The van der Waals surface area contributed by atoms with E-state index < -0.39 is 0 Å². The van der Waals surface area contributed by atoms with Crippen molar-refractivity contribution in [3.05, 3.63) is 83.4 Å². The summed E-state index contributed by atoms with van der Waals surface area (Å²) in [6.07, 6.45) is 0.865. The Morgan fingerprint density at radius 2 is 1.75 bits per heavy atom. The van der Waals surface area contributed by atoms with Gasteiger partial charge in [0.05, 0.1) is 19.3 Å². The zero-order valence-corrected chi connectivity index (χ0v) is 20.8. The van der Waals surface area contributed by atoms with E-state index in [1.807, 2.05) is 42.2 Å². The first-order chi connectivity index (χ1) is 17.5. The van der Waals surface area contributed by atoms with Gasteiger partial charge in [0.25, 0.3) is 5.91 Å². The first-order valence-corrected chi connectivity index (χ1v) is 12.5. The summed E-state index contributed by atoms with van der Waals surface area (Å²) in [6, 6.07) is 21.3. The van der Waals surface area contributed by atoms with Gasteiger partial charge in [-0.15, -0.1) is 0 Å². The maximum Gasteiger partial charge on any atom is 0.318 e. The molecule has 1 heterocycles. The van der Waals surface area contributed by atoms with Gasteiger partial charge in [-0.05, 0) is 47.4 Å². The lowest BCUT2D eigenvalue weighted by atomic mass is 10.00. The highest BCUT2D eigenvalue weighted by molar-refractivity contribution is 5.93. The van der Waals surface area contributed by atoms with Crippen molar-refractivity contribution in [2.45, 2.75) is 25.9 Å². The van der Waals surface area contributed by atoms with Crippen molar-refractivity contribution in [3.63, 3.8) is 0 Å². The van der Waals surface area contributed by atoms with Crippen LogP contribution in [0.5, 0.6) is 0 Å². The van der Waals surface area contributed by atoms with Crippen molar-refractivity contribution in [2.75, 3.05) is 39.4 Å². The largest absolute Gasteiger partial charge is 0.379 e. The average Bonchev–Trinajstić information content (AvgIpc) is 2.92. The van der Waals surface area contributed by atoms with Crippen LogP contribution in [-0.4, -0.2) is 61.1 Å². The summed E-state index contributed by atoms with van der Waals surface area (Å²) in [6.45, 7) is 7.38. The number of benzene rings is 3. The Labute approximate surface area is 212 Å². The van der Waals surface area contributed by atoms with Crippen LogP contribution in [0.25, 0.3) is 10.8 Å². The summed E-state index contributed by atoms with van der Waals surface area (Å²) in [5, 5.41) is 5.50. The van der Waals surface area contributed by atoms with Gasteiger partial charge in [-0.2, -0.15) is 0 Å². The molecule has 0 saturated carbocycles. The summed E-state index contributed by atoms with van der Waals surface area (Å²) in [4.78, 5) is 29.5. The highest BCUT2D eigenvalue weighted by Gasteiger charge is 2.19. The van der Waals surface area contributed by atoms with Gasteiger partial charge in [0, 0.05) is 38.3 Å². The number of hydrogen-bond acceptors (Lipinski definition) is 5. The van der Waals surface area contributed by atoms with Crippen molar-refractivity contribution in [2.24, 2.45) is 5.84 Å². The number of urea groups is 1. The summed E-state index contributed by atoms with van der Waals surface area (Å²) in [5.41, 5.74) is 4.66. The number of nitrogens with one attached hydrogen (secondary N) is 2. The zero-order valence-electron chi connectivity index (χ0n) is 20.8. The van der Waals surface area contributed by atoms with Gasteiger partial charge >= 0.3 is 6.03 Å². The fraction of sp³-hybridized carbons (Fsp3) is 0.357. The minimum Gasteiger partial charge on any atom is -0.379 e. The van der Waals surface area contributed by atoms with E-state index in [0.29, 0.717) is 18.7 Å². The molecule has 8 heteroatoms. The number of ether oxygens (including phenoxy) is 1. The Morgan fingerprint density at radius 3 is 2.50 bits per heavy atom. The molecule has 0 spiro atoms. The molecule has 0 unspecified atom stereocenters. The molecular formula is C28H35N5O3. The number of nitrogens with two attached hydrogens (primary N) is 1. The molecule has 4 rings (SSSR count). The number of fused-ring (bicyclic) bond motifs is 1. The number of carbonyl (C=O) groups excluding carboxylic acids is 2. The monoisotopic (exact) mass is 489 g/mol. The van der Waals surface area contributed by atoms with Crippen molar-refractivity contribution in [1.82, 2.24) is 20.5 Å². The van der Waals surface area contributed by atoms with E-state index >= 15 is 0 Å². The van der Waals surface area contributed by atoms with Crippen molar-refractivity contribution in [3.8, 4) is 0 Å². The molecule has 0 radical (unpaired) electrons. The third kappa shape index (κ3) is 6.60. The van der Waals surface area contributed by atoms with E-state index in [2.05, 4.69) is 39.9 Å². The van der Waals surface area contributed by atoms with E-state index in [1.165, 1.54) is 0 Å². The first-order valence-electron chi connectivity index (χ1n) is 12.5. The molecule has 0 aromatic heterocycles. The van der Waals surface area contributed by atoms with Crippen LogP contribution in [0.15, 0.2) is 66.7 Å². The van der Waals surface area contributed by atoms with Gasteiger partial charge in [-0.3, -0.25) is 15.1 Å². The minimum absolute atomic E-state index is 0.110. The highest BCUT2D eigenvalue weighted by Crippen LogP contribution is 2.24. The predicted octanol–water partition coefficient (Wildman–Crippen LogP) is 3.44. The third-order valence-electron chi connectivity index (χ3n) is 6.64. The topological polar surface area (TPSA) is 99.9 Å². The second kappa shape index (κ2) is 12.5. The lowest BCUT2D eigenvalue weighted by Gasteiger charge is -2.29. The fourth-order valence-corrected chi connectivity index (χ4v) is 4.61. The summed E-state index contributed by atoms with van der Waals surface area (Å²) in [7, 11) is 0. The molecule has 3 aromatic rings. The number of nitrogens with zero attached hydrogens (tertiary/aromatic N) is 2. The molecule has 0 bridgehead atoms. The Balaban J connectivity index is 1.45. The number of nitrogen functional groups attached to an aromatic ring is 1. The van der Waals surface area contributed by atoms with Gasteiger partial charge in [0.1, 0.15) is 0 Å². The number of rotatable bonds is 9. The Morgan fingerprint density at radius 1 is 1.03 bits per heavy atom. The van der Waals surface area contributed by atoms with Crippen LogP contribution in [0.4, 0.5) is 4.79 Å². The van der Waals surface area contributed by atoms with Crippen LogP contribution < -0.4 is 16.6 Å². The van der Waals surface area contributed by atoms with Gasteiger partial charge in [-0.1, -0.05) is 54.6 Å². The first kappa shape index (κ1) is 25.6. The summed E-state index contributed by atoms with van der Waals surface area (Å²) in [5.74, 6) is 4.89. The second-order valence-corrected chi connectivity index (χ2v) is 9.14. The van der Waals surface area contributed by atoms with E-state index in [9.17, 15) is 9.59 Å². The molecule has 1 saturated heterocycles. The molecule has 8 nitrogen and oxygen atoms in total. The maximum absolute atomic E-state index is 13.5. The third-order valence-corrected chi connectivity index (χ3v) is 6.64. The molecule has 1 aliphatic rings. The molecule has 1 fully saturated rings. The molecule has 1 atom stereocenters. The lowest BCUT2D eigenvalue weighted by Crippen LogP contribution is -2.43. The standard InChI is InChI=1S/C28H35N5O3/c1-21(25-9-4-7-23-6-2-3-8-26(23)25)30-28(35)33(15-5-14-32-16-18-36-19-17-32)20-22-10-12-24(13-11-22)27(34)31-29/h2-4,6-13,21H,5,14-20,29H2,1H3,(H,30,35)(H,31,34)/t21-/m0/s1. The van der Waals surface area contributed by atoms with Crippen LogP contribution in [0.1, 0.15) is 40.9 Å². The maximum atomic E-state index is 13.5. The fourth-order valence-electron chi connectivity index (χ4n) is 4.61. The smallest absolute Gasteiger partial charge is 0.318 e. The highest BCUT2D eigenvalue weighted by atomic mass is 16.5. The molecule has 190 valence electrons. The number of hydrazine groups is 1. The van der Waals surface area contributed by atoms with E-state index in [4.69, 9.17) is 10.6 Å². The number of amides is 3. The zero-order chi connectivity index (χ0) is 25.3. The molecule has 3 aromatic carbocycles. The molecule has 3 amide bonds. The summed E-state index contributed by atoms with van der Waals surface area (Å²) >= 11 is 0. The minimum atomic E-state index is -0.342. The van der Waals surface area contributed by atoms with Gasteiger partial charge in [-0.25, -0.2) is 10.6 Å². The predicted molar refractivity (Wildman–Crippen MR) is 141 cm³/mol. The van der Waals surface area contributed by atoms with Gasteiger partial charge in [0.15, 0.2) is 0 Å². The van der Waals surface area contributed by atoms with Gasteiger partial charge < -0.3 is 15.0 Å². The number of morpholine rings is 1. The SMILES string of the molecule is C[C@H](NC(=O)N(CCCN1CCOCC1)Cc1ccc(C(=O)NN)cc1)c1cccc2ccccc12. The molecule has 4 N–H and O–H groups in total. The molecular weight excluding hydrogens is 454 g/mol. The summed E-state index contributed by atoms with van der Waals surface area (Å²) < 4.78 is 5.44. The number of carbonyl (C=O) groups is 2. The lowest BCUT2D eigenvalue weighted by molar-refractivity contribution is 0.0364. The van der Waals surface area contributed by atoms with Crippen LogP contribution in [0.3, 0.4) is 0 Å². The molecule has 36 heavy (non-hydrogen) atoms. The quantitative estimate of drug-likeness (QED) is 0.243. The van der Waals surface area contributed by atoms with Crippen LogP contribution >= 0.6 is 0 Å². The van der Waals surface area contributed by atoms with E-state index in [-0.39, 0.29) is 18.0 Å². The van der Waals surface area contributed by atoms with Crippen molar-refractivity contribution in [1.29, 1.82) is 0 Å². The molecule has 0 aliphatic carbocycles. The Bertz CT molecular complexity index is 1160. The molecule has 1 aliphatic heterocycles. The van der Waals surface area contributed by atoms with E-state index in [1.54, 1.807) is 12.1 Å². The van der Waals surface area contributed by atoms with Crippen LogP contribution in [-0.2, 0) is 11.3 Å². The Kier molecular flexibility index (Phi) is 8.89. The van der Waals surface area contributed by atoms with E-state index in [0.717, 1.165) is 61.2 Å². The normalized spacial score (nSPS) is 14.8. The van der Waals surface area contributed by atoms with Crippen LogP contribution in [0.2, 0.25) is 0 Å². The van der Waals surface area contributed by atoms with Crippen LogP contribution in [0, 0.1) is 0 Å². The van der Waals surface area contributed by atoms with Crippen molar-refractivity contribution >= 4 is 22.7 Å². The second-order valence-electron chi connectivity index (χ2n) is 9.14. The Hall–Kier alpha value is -3.46.